The molecular weight excluding hydrogens is 396 g/mol. The smallest absolute Gasteiger partial charge is 0.325 e. The first-order valence-corrected chi connectivity index (χ1v) is 9.40. The summed E-state index contributed by atoms with van der Waals surface area (Å²) < 4.78 is 5.50. The Labute approximate surface area is 173 Å². The highest BCUT2D eigenvalue weighted by Gasteiger charge is 2.49. The van der Waals surface area contributed by atoms with Crippen LogP contribution in [0, 0.1) is 0 Å². The minimum atomic E-state index is -1.24. The Balaban J connectivity index is 1.64. The molecule has 0 aliphatic carbocycles. The number of aliphatic hydroxyl groups is 1. The minimum absolute atomic E-state index is 0.100. The molecule has 7 nitrogen and oxygen atoms in total. The molecule has 8 heteroatoms. The first-order valence-electron chi connectivity index (χ1n) is 9.03. The molecule has 2 aromatic rings. The quantitative estimate of drug-likeness (QED) is 0.534. The summed E-state index contributed by atoms with van der Waals surface area (Å²) in [7, 11) is 0. The lowest BCUT2D eigenvalue weighted by Crippen LogP contribution is -2.42. The predicted octanol–water partition coefficient (Wildman–Crippen LogP) is 2.75. The van der Waals surface area contributed by atoms with Gasteiger partial charge in [-0.3, -0.25) is 14.5 Å². The largest absolute Gasteiger partial charge is 0.491 e. The summed E-state index contributed by atoms with van der Waals surface area (Å²) in [5.74, 6) is -0.153. The molecule has 2 atom stereocenters. The number of imide groups is 1. The second kappa shape index (κ2) is 8.23. The molecule has 1 heterocycles. The fourth-order valence-electron chi connectivity index (χ4n) is 3.10. The number of β-amino-alcohol motifs (C(OH)–C–C–N with tert-alkyl or cyclic N) is 1. The predicted molar refractivity (Wildman–Crippen MR) is 107 cm³/mol. The maximum absolute atomic E-state index is 12.9. The molecule has 0 saturated carbocycles. The van der Waals surface area contributed by atoms with Crippen LogP contribution in [0.1, 0.15) is 29.8 Å². The van der Waals surface area contributed by atoms with E-state index in [4.69, 9.17) is 16.3 Å². The number of Topliss-reactive ketones (excluding diaryl/α,β-unsaturated/α-hetero) is 1. The van der Waals surface area contributed by atoms with Gasteiger partial charge in [0.1, 0.15) is 24.0 Å². The molecule has 3 amide bonds. The second-order valence-corrected chi connectivity index (χ2v) is 7.46. The number of carbonyl (C=O) groups excluding carboxylic acids is 3. The number of nitrogens with one attached hydrogen (secondary N) is 1. The zero-order valence-electron chi connectivity index (χ0n) is 16.0. The third kappa shape index (κ3) is 4.41. The Kier molecular flexibility index (Phi) is 5.91. The van der Waals surface area contributed by atoms with Gasteiger partial charge in [-0.1, -0.05) is 35.9 Å². The van der Waals surface area contributed by atoms with Gasteiger partial charge in [-0.15, -0.1) is 0 Å². The van der Waals surface area contributed by atoms with Crippen molar-refractivity contribution < 1.29 is 24.2 Å². The summed E-state index contributed by atoms with van der Waals surface area (Å²) in [4.78, 5) is 37.6. The molecule has 1 aliphatic rings. The van der Waals surface area contributed by atoms with Crippen LogP contribution < -0.4 is 10.1 Å². The van der Waals surface area contributed by atoms with Gasteiger partial charge in [-0.05, 0) is 43.7 Å². The number of amides is 3. The van der Waals surface area contributed by atoms with Gasteiger partial charge < -0.3 is 15.2 Å². The molecule has 1 aliphatic heterocycles. The fourth-order valence-corrected chi connectivity index (χ4v) is 3.23. The maximum Gasteiger partial charge on any atom is 0.325 e. The van der Waals surface area contributed by atoms with Crippen LogP contribution in [0.25, 0.3) is 0 Å². The number of nitrogens with zero attached hydrogens (tertiary/aromatic N) is 1. The lowest BCUT2D eigenvalue weighted by molar-refractivity contribution is -0.132. The third-order valence-corrected chi connectivity index (χ3v) is 5.02. The Hall–Kier alpha value is -2.90. The summed E-state index contributed by atoms with van der Waals surface area (Å²) in [5.41, 5.74) is -0.155. The average Bonchev–Trinajstić information content (AvgIpc) is 2.91. The highest BCUT2D eigenvalue weighted by Crippen LogP contribution is 2.29. The van der Waals surface area contributed by atoms with E-state index in [1.807, 2.05) is 0 Å². The van der Waals surface area contributed by atoms with Gasteiger partial charge in [0, 0.05) is 10.6 Å². The van der Waals surface area contributed by atoms with Crippen LogP contribution in [0.2, 0.25) is 5.02 Å². The minimum Gasteiger partial charge on any atom is -0.491 e. The molecule has 0 spiro atoms. The molecule has 29 heavy (non-hydrogen) atoms. The lowest BCUT2D eigenvalue weighted by Gasteiger charge is -2.23. The van der Waals surface area contributed by atoms with Crippen molar-refractivity contribution in [1.29, 1.82) is 0 Å². The monoisotopic (exact) mass is 416 g/mol. The van der Waals surface area contributed by atoms with E-state index in [9.17, 15) is 19.5 Å². The van der Waals surface area contributed by atoms with Gasteiger partial charge in [-0.25, -0.2) is 4.79 Å². The van der Waals surface area contributed by atoms with Gasteiger partial charge in [0.15, 0.2) is 5.78 Å². The van der Waals surface area contributed by atoms with E-state index in [1.165, 1.54) is 6.92 Å². The van der Waals surface area contributed by atoms with E-state index in [-0.39, 0.29) is 18.9 Å². The van der Waals surface area contributed by atoms with Crippen molar-refractivity contribution in [3.63, 3.8) is 0 Å². The van der Waals surface area contributed by atoms with Crippen LogP contribution >= 0.6 is 11.6 Å². The zero-order valence-corrected chi connectivity index (χ0v) is 16.8. The Morgan fingerprint density at radius 3 is 2.59 bits per heavy atom. The van der Waals surface area contributed by atoms with Crippen LogP contribution in [0.3, 0.4) is 0 Å². The molecule has 2 N–H and O–H groups in total. The van der Waals surface area contributed by atoms with Crippen molar-refractivity contribution in [2.75, 3.05) is 13.2 Å². The normalized spacial score (nSPS) is 19.8. The van der Waals surface area contributed by atoms with Crippen molar-refractivity contribution in [2.45, 2.75) is 25.5 Å². The molecule has 3 rings (SSSR count). The van der Waals surface area contributed by atoms with Gasteiger partial charge in [0.25, 0.3) is 5.91 Å². The van der Waals surface area contributed by atoms with Crippen LogP contribution in [0.5, 0.6) is 5.75 Å². The number of carbonyl (C=O) groups is 3. The molecule has 152 valence electrons. The standard InChI is InChI=1S/C21H21ClN2O5/c1-13(25)14-4-3-5-18(10-14)29-12-17(26)11-24-19(27)21(2,23-20(24)28)15-6-8-16(22)9-7-15/h3-10,17,26H,11-12H2,1-2H3,(H,23,28)/t17-,21+/m0/s1. The highest BCUT2D eigenvalue weighted by atomic mass is 35.5. The summed E-state index contributed by atoms with van der Waals surface area (Å²) in [5, 5.41) is 13.5. The molecular formula is C21H21ClN2O5. The molecule has 1 saturated heterocycles. The van der Waals surface area contributed by atoms with E-state index < -0.39 is 23.6 Å². The Morgan fingerprint density at radius 2 is 1.93 bits per heavy atom. The van der Waals surface area contributed by atoms with E-state index in [0.29, 0.717) is 21.9 Å². The number of urea groups is 1. The number of ketones is 1. The highest BCUT2D eigenvalue weighted by molar-refractivity contribution is 6.30. The molecule has 0 unspecified atom stereocenters. The summed E-state index contributed by atoms with van der Waals surface area (Å²) >= 11 is 5.89. The van der Waals surface area contributed by atoms with Crippen molar-refractivity contribution in [3.05, 3.63) is 64.7 Å². The number of hydrogen-bond donors (Lipinski definition) is 2. The Bertz CT molecular complexity index is 946. The van der Waals surface area contributed by atoms with Crippen LogP contribution in [0.4, 0.5) is 4.79 Å². The second-order valence-electron chi connectivity index (χ2n) is 7.03. The molecule has 0 bridgehead atoms. The fraction of sp³-hybridized carbons (Fsp3) is 0.286. The zero-order chi connectivity index (χ0) is 21.2. The van der Waals surface area contributed by atoms with Crippen molar-refractivity contribution in [2.24, 2.45) is 0 Å². The topological polar surface area (TPSA) is 95.9 Å². The van der Waals surface area contributed by atoms with E-state index in [0.717, 1.165) is 4.90 Å². The number of aliphatic hydroxyl groups excluding tert-OH is 1. The molecule has 2 aromatic carbocycles. The van der Waals surface area contributed by atoms with E-state index in [1.54, 1.807) is 55.5 Å². The molecule has 0 radical (unpaired) electrons. The number of hydrogen-bond acceptors (Lipinski definition) is 5. The van der Waals surface area contributed by atoms with Crippen molar-refractivity contribution in [3.8, 4) is 5.75 Å². The Morgan fingerprint density at radius 1 is 1.24 bits per heavy atom. The van der Waals surface area contributed by atoms with Gasteiger partial charge >= 0.3 is 6.03 Å². The number of ether oxygens (including phenoxy) is 1. The summed E-state index contributed by atoms with van der Waals surface area (Å²) in [6.07, 6.45) is -1.10. The molecule has 1 fully saturated rings. The van der Waals surface area contributed by atoms with Crippen LogP contribution in [-0.2, 0) is 10.3 Å². The van der Waals surface area contributed by atoms with Crippen molar-refractivity contribution in [1.82, 2.24) is 10.2 Å². The van der Waals surface area contributed by atoms with Gasteiger partial charge in [-0.2, -0.15) is 0 Å². The maximum atomic E-state index is 12.9. The third-order valence-electron chi connectivity index (χ3n) is 4.77. The first-order chi connectivity index (χ1) is 13.7. The summed E-state index contributed by atoms with van der Waals surface area (Å²) in [6, 6.07) is 12.6. The van der Waals surface area contributed by atoms with Crippen molar-refractivity contribution >= 4 is 29.3 Å². The van der Waals surface area contributed by atoms with E-state index in [2.05, 4.69) is 5.32 Å². The van der Waals surface area contributed by atoms with Gasteiger partial charge in [0.2, 0.25) is 0 Å². The number of halogens is 1. The average molecular weight is 417 g/mol. The number of benzene rings is 2. The van der Waals surface area contributed by atoms with Crippen LogP contribution in [-0.4, -0.2) is 47.0 Å². The van der Waals surface area contributed by atoms with Crippen LogP contribution in [0.15, 0.2) is 48.5 Å². The first kappa shape index (κ1) is 20.8. The summed E-state index contributed by atoms with van der Waals surface area (Å²) in [6.45, 7) is 2.69. The lowest BCUT2D eigenvalue weighted by atomic mass is 9.92. The molecule has 0 aromatic heterocycles. The van der Waals surface area contributed by atoms with E-state index >= 15 is 0 Å². The SMILES string of the molecule is CC(=O)c1cccc(OC[C@@H](O)CN2C(=O)N[C@](C)(c3ccc(Cl)cc3)C2=O)c1. The van der Waals surface area contributed by atoms with Gasteiger partial charge in [0.05, 0.1) is 6.54 Å². The number of rotatable bonds is 7.